The SMILES string of the molecule is CCNC(=NCCCOCC1CCOCC1)N(C)CCOCC1CC1.I. The van der Waals surface area contributed by atoms with E-state index in [0.717, 1.165) is 90.4 Å². The first-order valence-electron chi connectivity index (χ1n) is 10.0. The molecule has 154 valence electrons. The zero-order valence-electron chi connectivity index (χ0n) is 16.6. The molecule has 1 N–H and O–H groups in total. The van der Waals surface area contributed by atoms with Gasteiger partial charge in [0, 0.05) is 59.7 Å². The van der Waals surface area contributed by atoms with Gasteiger partial charge in [0.2, 0.25) is 0 Å². The fourth-order valence-electron chi connectivity index (χ4n) is 2.83. The maximum atomic E-state index is 5.80. The number of hydrogen-bond donors (Lipinski definition) is 1. The first-order valence-corrected chi connectivity index (χ1v) is 10.0. The summed E-state index contributed by atoms with van der Waals surface area (Å²) in [7, 11) is 2.07. The molecule has 2 aliphatic rings. The Balaban J connectivity index is 0.00000338. The summed E-state index contributed by atoms with van der Waals surface area (Å²) in [5.41, 5.74) is 0. The van der Waals surface area contributed by atoms with Crippen molar-refractivity contribution in [1.29, 1.82) is 0 Å². The summed E-state index contributed by atoms with van der Waals surface area (Å²) in [6.07, 6.45) is 5.92. The van der Waals surface area contributed by atoms with Gasteiger partial charge in [0.05, 0.1) is 6.61 Å². The summed E-state index contributed by atoms with van der Waals surface area (Å²) >= 11 is 0. The summed E-state index contributed by atoms with van der Waals surface area (Å²) in [5, 5.41) is 3.35. The van der Waals surface area contributed by atoms with Crippen LogP contribution in [0.5, 0.6) is 0 Å². The average molecular weight is 483 g/mol. The molecule has 0 aromatic carbocycles. The Kier molecular flexibility index (Phi) is 13.7. The molecular weight excluding hydrogens is 445 g/mol. The van der Waals surface area contributed by atoms with Gasteiger partial charge in [-0.1, -0.05) is 0 Å². The van der Waals surface area contributed by atoms with Crippen LogP contribution < -0.4 is 5.32 Å². The van der Waals surface area contributed by atoms with Gasteiger partial charge in [0.1, 0.15) is 0 Å². The first-order chi connectivity index (χ1) is 12.3. The minimum atomic E-state index is 0. The fourth-order valence-corrected chi connectivity index (χ4v) is 2.83. The van der Waals surface area contributed by atoms with Gasteiger partial charge in [-0.3, -0.25) is 4.99 Å². The maximum absolute atomic E-state index is 5.80. The van der Waals surface area contributed by atoms with Gasteiger partial charge >= 0.3 is 0 Å². The topological polar surface area (TPSA) is 55.3 Å². The Morgan fingerprint density at radius 2 is 1.73 bits per heavy atom. The molecule has 6 nitrogen and oxygen atoms in total. The summed E-state index contributed by atoms with van der Waals surface area (Å²) in [6, 6.07) is 0. The van der Waals surface area contributed by atoms with Crippen LogP contribution in [0.2, 0.25) is 0 Å². The lowest BCUT2D eigenvalue weighted by molar-refractivity contribution is 0.0205. The highest BCUT2D eigenvalue weighted by molar-refractivity contribution is 14.0. The van der Waals surface area contributed by atoms with Crippen LogP contribution in [-0.4, -0.2) is 77.2 Å². The Morgan fingerprint density at radius 3 is 2.38 bits per heavy atom. The molecule has 1 heterocycles. The Hall–Kier alpha value is -0.120. The van der Waals surface area contributed by atoms with Crippen molar-refractivity contribution in [2.24, 2.45) is 16.8 Å². The van der Waals surface area contributed by atoms with Gasteiger partial charge in [-0.2, -0.15) is 0 Å². The number of nitrogens with zero attached hydrogens (tertiary/aromatic N) is 2. The summed E-state index contributed by atoms with van der Waals surface area (Å²) < 4.78 is 16.9. The second kappa shape index (κ2) is 14.9. The highest BCUT2D eigenvalue weighted by Gasteiger charge is 2.21. The highest BCUT2D eigenvalue weighted by atomic mass is 127. The fraction of sp³-hybridized carbons (Fsp3) is 0.947. The lowest BCUT2D eigenvalue weighted by Crippen LogP contribution is -2.40. The van der Waals surface area contributed by atoms with E-state index in [-0.39, 0.29) is 24.0 Å². The monoisotopic (exact) mass is 483 g/mol. The number of aliphatic imine (C=N–C) groups is 1. The van der Waals surface area contributed by atoms with Crippen LogP contribution in [0.4, 0.5) is 0 Å². The molecule has 1 saturated heterocycles. The van der Waals surface area contributed by atoms with Crippen molar-refractivity contribution < 1.29 is 14.2 Å². The minimum absolute atomic E-state index is 0. The molecule has 2 fully saturated rings. The number of hydrogen-bond acceptors (Lipinski definition) is 4. The van der Waals surface area contributed by atoms with E-state index in [1.807, 2.05) is 0 Å². The van der Waals surface area contributed by atoms with Gasteiger partial charge in [-0.25, -0.2) is 0 Å². The molecule has 0 unspecified atom stereocenters. The normalized spacial score (nSPS) is 18.5. The molecule has 0 aromatic rings. The van der Waals surface area contributed by atoms with Crippen LogP contribution in [-0.2, 0) is 14.2 Å². The number of ether oxygens (including phenoxy) is 3. The number of nitrogens with one attached hydrogen (secondary N) is 1. The van der Waals surface area contributed by atoms with Gasteiger partial charge in [0.15, 0.2) is 5.96 Å². The van der Waals surface area contributed by atoms with Gasteiger partial charge in [0.25, 0.3) is 0 Å². The van der Waals surface area contributed by atoms with E-state index in [4.69, 9.17) is 19.2 Å². The van der Waals surface area contributed by atoms with Crippen molar-refractivity contribution in [2.45, 2.75) is 39.0 Å². The number of guanidine groups is 1. The first kappa shape index (κ1) is 23.9. The average Bonchev–Trinajstić information content (AvgIpc) is 3.46. The van der Waals surface area contributed by atoms with Crippen molar-refractivity contribution in [1.82, 2.24) is 10.2 Å². The van der Waals surface area contributed by atoms with E-state index in [9.17, 15) is 0 Å². The van der Waals surface area contributed by atoms with Gasteiger partial charge in [-0.15, -0.1) is 24.0 Å². The lowest BCUT2D eigenvalue weighted by atomic mass is 10.0. The smallest absolute Gasteiger partial charge is 0.193 e. The van der Waals surface area contributed by atoms with Crippen LogP contribution in [0.3, 0.4) is 0 Å². The molecule has 0 spiro atoms. The quantitative estimate of drug-likeness (QED) is 0.200. The van der Waals surface area contributed by atoms with Crippen LogP contribution in [0.15, 0.2) is 4.99 Å². The molecule has 0 atom stereocenters. The predicted molar refractivity (Wildman–Crippen MR) is 117 cm³/mol. The molecule has 26 heavy (non-hydrogen) atoms. The van der Waals surface area contributed by atoms with E-state index in [1.54, 1.807) is 0 Å². The summed E-state index contributed by atoms with van der Waals surface area (Å²) in [4.78, 5) is 6.85. The number of likely N-dealkylation sites (N-methyl/N-ethyl adjacent to an activating group) is 1. The third-order valence-electron chi connectivity index (χ3n) is 4.72. The van der Waals surface area contributed by atoms with Crippen LogP contribution in [0.1, 0.15) is 39.0 Å². The Morgan fingerprint density at radius 1 is 1.08 bits per heavy atom. The van der Waals surface area contributed by atoms with Crippen LogP contribution >= 0.6 is 24.0 Å². The molecular formula is C19H38IN3O3. The summed E-state index contributed by atoms with van der Waals surface area (Å²) in [6.45, 7) is 9.78. The largest absolute Gasteiger partial charge is 0.381 e. The van der Waals surface area contributed by atoms with Gasteiger partial charge in [-0.05, 0) is 50.9 Å². The molecule has 1 aliphatic heterocycles. The molecule has 0 bridgehead atoms. The van der Waals surface area contributed by atoms with E-state index >= 15 is 0 Å². The minimum Gasteiger partial charge on any atom is -0.381 e. The Bertz CT molecular complexity index is 375. The predicted octanol–water partition coefficient (Wildman–Crippen LogP) is 2.76. The third-order valence-corrected chi connectivity index (χ3v) is 4.72. The van der Waals surface area contributed by atoms with E-state index in [0.29, 0.717) is 5.92 Å². The molecule has 1 aliphatic carbocycles. The molecule has 0 aromatic heterocycles. The lowest BCUT2D eigenvalue weighted by Gasteiger charge is -2.22. The molecule has 2 rings (SSSR count). The molecule has 0 amide bonds. The maximum Gasteiger partial charge on any atom is 0.193 e. The third kappa shape index (κ3) is 10.9. The second-order valence-electron chi connectivity index (χ2n) is 7.16. The number of rotatable bonds is 12. The van der Waals surface area contributed by atoms with E-state index < -0.39 is 0 Å². The van der Waals surface area contributed by atoms with E-state index in [2.05, 4.69) is 24.2 Å². The van der Waals surface area contributed by atoms with Crippen molar-refractivity contribution >= 4 is 29.9 Å². The second-order valence-corrected chi connectivity index (χ2v) is 7.16. The standard InChI is InChI=1S/C19H37N3O3.HI/c1-3-20-19(22(2)10-14-25-15-17-5-6-17)21-9-4-11-24-16-18-7-12-23-13-8-18;/h17-18H,3-16H2,1-2H3,(H,20,21);1H. The molecule has 7 heteroatoms. The highest BCUT2D eigenvalue weighted by Crippen LogP contribution is 2.28. The zero-order valence-corrected chi connectivity index (χ0v) is 18.9. The molecule has 1 saturated carbocycles. The van der Waals surface area contributed by atoms with Crippen molar-refractivity contribution in [2.75, 3.05) is 66.3 Å². The van der Waals surface area contributed by atoms with E-state index in [1.165, 1.54) is 12.8 Å². The van der Waals surface area contributed by atoms with Crippen LogP contribution in [0, 0.1) is 11.8 Å². The number of halogens is 1. The summed E-state index contributed by atoms with van der Waals surface area (Å²) in [5.74, 6) is 2.46. The zero-order chi connectivity index (χ0) is 17.7. The van der Waals surface area contributed by atoms with Crippen molar-refractivity contribution in [3.63, 3.8) is 0 Å². The molecule has 0 radical (unpaired) electrons. The Labute approximate surface area is 176 Å². The van der Waals surface area contributed by atoms with Gasteiger partial charge < -0.3 is 24.4 Å². The van der Waals surface area contributed by atoms with Crippen molar-refractivity contribution in [3.8, 4) is 0 Å². The van der Waals surface area contributed by atoms with Crippen LogP contribution in [0.25, 0.3) is 0 Å². The van der Waals surface area contributed by atoms with Crippen molar-refractivity contribution in [3.05, 3.63) is 0 Å².